The Hall–Kier alpha value is -0.940. The lowest BCUT2D eigenvalue weighted by atomic mass is 9.77. The van der Waals surface area contributed by atoms with Crippen LogP contribution in [0.4, 0.5) is 5.13 Å². The highest BCUT2D eigenvalue weighted by molar-refractivity contribution is 7.17. The van der Waals surface area contributed by atoms with Crippen LogP contribution in [0.5, 0.6) is 0 Å². The molecule has 5 heteroatoms. The Morgan fingerprint density at radius 1 is 1.38 bits per heavy atom. The number of carbonyl (C=O) groups is 1. The average molecular weight is 310 g/mol. The van der Waals surface area contributed by atoms with Crippen LogP contribution in [-0.2, 0) is 11.3 Å². The topological polar surface area (TPSA) is 42.4 Å². The number of ether oxygens (including phenoxy) is 1. The molecular formula is C16H26N2O2S. The summed E-state index contributed by atoms with van der Waals surface area (Å²) in [6, 6.07) is 0. The summed E-state index contributed by atoms with van der Waals surface area (Å²) in [6.45, 7) is 9.46. The Labute approximate surface area is 131 Å². The molecular weight excluding hydrogens is 284 g/mol. The van der Waals surface area contributed by atoms with E-state index in [9.17, 15) is 4.79 Å². The second kappa shape index (κ2) is 6.88. The minimum atomic E-state index is 0.369. The minimum absolute atomic E-state index is 0.369. The monoisotopic (exact) mass is 310 g/mol. The van der Waals surface area contributed by atoms with Gasteiger partial charge in [-0.3, -0.25) is 4.79 Å². The summed E-state index contributed by atoms with van der Waals surface area (Å²) in [5.41, 5.74) is 1.14. The van der Waals surface area contributed by atoms with E-state index in [1.54, 1.807) is 7.11 Å². The molecule has 1 saturated heterocycles. The van der Waals surface area contributed by atoms with Crippen LogP contribution in [0.3, 0.4) is 0 Å². The number of nitrogens with zero attached hydrogens (tertiary/aromatic N) is 2. The van der Waals surface area contributed by atoms with Crippen molar-refractivity contribution in [2.75, 3.05) is 25.1 Å². The maximum Gasteiger partial charge on any atom is 0.186 e. The molecule has 1 atom stereocenters. The second-order valence-corrected chi connectivity index (χ2v) is 7.85. The van der Waals surface area contributed by atoms with Crippen molar-refractivity contribution >= 4 is 22.8 Å². The predicted molar refractivity (Wildman–Crippen MR) is 87.2 cm³/mol. The first-order chi connectivity index (χ1) is 9.95. The standard InChI is InChI=1S/C16H26N2O2S/c1-16(2,3)12-6-5-8-18(9-7-12)15-17-13(11-20-4)14(10-19)21-15/h10,12H,5-9,11H2,1-4H3. The molecule has 0 saturated carbocycles. The summed E-state index contributed by atoms with van der Waals surface area (Å²) < 4.78 is 5.12. The molecule has 21 heavy (non-hydrogen) atoms. The molecule has 118 valence electrons. The van der Waals surface area contributed by atoms with Gasteiger partial charge in [-0.15, -0.1) is 0 Å². The van der Waals surface area contributed by atoms with Gasteiger partial charge < -0.3 is 9.64 Å². The summed E-state index contributed by atoms with van der Waals surface area (Å²) in [4.78, 5) is 18.8. The van der Waals surface area contributed by atoms with E-state index in [2.05, 4.69) is 30.7 Å². The van der Waals surface area contributed by atoms with Crippen molar-refractivity contribution in [3.63, 3.8) is 0 Å². The number of thiazole rings is 1. The van der Waals surface area contributed by atoms with Crippen molar-refractivity contribution in [3.8, 4) is 0 Å². The fourth-order valence-corrected chi connectivity index (χ4v) is 3.91. The van der Waals surface area contributed by atoms with Gasteiger partial charge in [-0.25, -0.2) is 4.98 Å². The van der Waals surface area contributed by atoms with E-state index in [-0.39, 0.29) is 0 Å². The second-order valence-electron chi connectivity index (χ2n) is 6.84. The van der Waals surface area contributed by atoms with Gasteiger partial charge in [-0.05, 0) is 30.6 Å². The Bertz CT molecular complexity index is 479. The minimum Gasteiger partial charge on any atom is -0.378 e. The lowest BCUT2D eigenvalue weighted by molar-refractivity contribution is 0.112. The lowest BCUT2D eigenvalue weighted by Crippen LogP contribution is -2.26. The van der Waals surface area contributed by atoms with E-state index in [4.69, 9.17) is 4.74 Å². The Morgan fingerprint density at radius 2 is 2.14 bits per heavy atom. The highest BCUT2D eigenvalue weighted by Crippen LogP contribution is 2.36. The highest BCUT2D eigenvalue weighted by atomic mass is 32.1. The normalized spacial score (nSPS) is 20.4. The first-order valence-electron chi connectivity index (χ1n) is 7.64. The van der Waals surface area contributed by atoms with Gasteiger partial charge in [-0.1, -0.05) is 32.1 Å². The van der Waals surface area contributed by atoms with Gasteiger partial charge in [0.25, 0.3) is 0 Å². The number of rotatable bonds is 4. The van der Waals surface area contributed by atoms with Gasteiger partial charge in [0, 0.05) is 20.2 Å². The van der Waals surface area contributed by atoms with Crippen LogP contribution in [0.2, 0.25) is 0 Å². The molecule has 1 fully saturated rings. The zero-order valence-electron chi connectivity index (χ0n) is 13.5. The third-order valence-corrected chi connectivity index (χ3v) is 5.41. The van der Waals surface area contributed by atoms with Crippen LogP contribution in [0.1, 0.15) is 55.4 Å². The number of aromatic nitrogens is 1. The van der Waals surface area contributed by atoms with Crippen LogP contribution in [0, 0.1) is 11.3 Å². The molecule has 0 amide bonds. The Kier molecular flexibility index (Phi) is 5.38. The molecule has 0 radical (unpaired) electrons. The SMILES string of the molecule is COCc1nc(N2CCCC(C(C)(C)C)CC2)sc1C=O. The summed E-state index contributed by atoms with van der Waals surface area (Å²) in [5.74, 6) is 0.756. The van der Waals surface area contributed by atoms with E-state index in [0.29, 0.717) is 16.9 Å². The molecule has 0 aromatic carbocycles. The number of methoxy groups -OCH3 is 1. The molecule has 0 spiro atoms. The molecule has 4 nitrogen and oxygen atoms in total. The summed E-state index contributed by atoms with van der Waals surface area (Å²) in [5, 5.41) is 0.971. The average Bonchev–Trinajstić information content (AvgIpc) is 2.66. The molecule has 0 N–H and O–H groups in total. The number of anilines is 1. The molecule has 1 aromatic heterocycles. The van der Waals surface area contributed by atoms with Crippen LogP contribution in [0.25, 0.3) is 0 Å². The van der Waals surface area contributed by atoms with Crippen molar-refractivity contribution in [1.82, 2.24) is 4.98 Å². The van der Waals surface area contributed by atoms with E-state index >= 15 is 0 Å². The van der Waals surface area contributed by atoms with Crippen LogP contribution < -0.4 is 4.90 Å². The van der Waals surface area contributed by atoms with Crippen molar-refractivity contribution in [1.29, 1.82) is 0 Å². The molecule has 0 bridgehead atoms. The molecule has 2 heterocycles. The number of aldehydes is 1. The molecule has 0 aliphatic carbocycles. The summed E-state index contributed by atoms with van der Waals surface area (Å²) >= 11 is 1.49. The van der Waals surface area contributed by atoms with Gasteiger partial charge in [0.05, 0.1) is 17.2 Å². The zero-order valence-corrected chi connectivity index (χ0v) is 14.3. The third kappa shape index (κ3) is 4.04. The van der Waals surface area contributed by atoms with Crippen LogP contribution in [0.15, 0.2) is 0 Å². The van der Waals surface area contributed by atoms with Gasteiger partial charge in [0.1, 0.15) is 0 Å². The highest BCUT2D eigenvalue weighted by Gasteiger charge is 2.28. The molecule has 1 aliphatic heterocycles. The first-order valence-corrected chi connectivity index (χ1v) is 8.46. The van der Waals surface area contributed by atoms with Crippen molar-refractivity contribution in [2.24, 2.45) is 11.3 Å². The van der Waals surface area contributed by atoms with E-state index < -0.39 is 0 Å². The van der Waals surface area contributed by atoms with Gasteiger partial charge in [-0.2, -0.15) is 0 Å². The molecule has 1 unspecified atom stereocenters. The maximum atomic E-state index is 11.1. The van der Waals surface area contributed by atoms with Crippen molar-refractivity contribution in [2.45, 2.75) is 46.6 Å². The van der Waals surface area contributed by atoms with Crippen LogP contribution >= 0.6 is 11.3 Å². The number of carbonyl (C=O) groups excluding carboxylic acids is 1. The Morgan fingerprint density at radius 3 is 2.76 bits per heavy atom. The predicted octanol–water partition coefficient (Wildman–Crippen LogP) is 3.75. The fraction of sp³-hybridized carbons (Fsp3) is 0.750. The van der Waals surface area contributed by atoms with Crippen molar-refractivity contribution in [3.05, 3.63) is 10.6 Å². The Balaban J connectivity index is 2.10. The van der Waals surface area contributed by atoms with E-state index in [0.717, 1.165) is 36.1 Å². The number of hydrogen-bond acceptors (Lipinski definition) is 5. The lowest BCUT2D eigenvalue weighted by Gasteiger charge is -2.29. The van der Waals surface area contributed by atoms with E-state index in [1.807, 2.05) is 0 Å². The van der Waals surface area contributed by atoms with E-state index in [1.165, 1.54) is 30.6 Å². The first kappa shape index (κ1) is 16.4. The summed E-state index contributed by atoms with van der Waals surface area (Å²) in [7, 11) is 1.63. The molecule has 1 aliphatic rings. The number of hydrogen-bond donors (Lipinski definition) is 0. The van der Waals surface area contributed by atoms with Crippen molar-refractivity contribution < 1.29 is 9.53 Å². The molecule has 2 rings (SSSR count). The van der Waals surface area contributed by atoms with Gasteiger partial charge >= 0.3 is 0 Å². The fourth-order valence-electron chi connectivity index (χ4n) is 2.97. The maximum absolute atomic E-state index is 11.1. The summed E-state index contributed by atoms with van der Waals surface area (Å²) in [6.07, 6.45) is 4.55. The largest absolute Gasteiger partial charge is 0.378 e. The zero-order chi connectivity index (χ0) is 15.5. The smallest absolute Gasteiger partial charge is 0.186 e. The van der Waals surface area contributed by atoms with Crippen LogP contribution in [-0.4, -0.2) is 31.5 Å². The van der Waals surface area contributed by atoms with Gasteiger partial charge in [0.2, 0.25) is 0 Å². The quantitative estimate of drug-likeness (QED) is 0.794. The molecule has 1 aromatic rings. The third-order valence-electron chi connectivity index (χ3n) is 4.33. The van der Waals surface area contributed by atoms with Gasteiger partial charge in [0.15, 0.2) is 11.4 Å².